The first-order chi connectivity index (χ1) is 6.97. The number of amides is 1. The van der Waals surface area contributed by atoms with Crippen LogP contribution in [0, 0.1) is 5.92 Å². The Morgan fingerprint density at radius 1 is 1.33 bits per heavy atom. The Morgan fingerprint density at radius 2 is 1.93 bits per heavy atom. The van der Waals surface area contributed by atoms with Gasteiger partial charge in [0.05, 0.1) is 6.04 Å². The van der Waals surface area contributed by atoms with Crippen LogP contribution in [0.1, 0.15) is 53.4 Å². The first-order valence-corrected chi connectivity index (χ1v) is 6.03. The van der Waals surface area contributed by atoms with E-state index in [1.54, 1.807) is 0 Å². The van der Waals surface area contributed by atoms with Crippen molar-refractivity contribution in [2.75, 3.05) is 0 Å². The molecule has 0 spiro atoms. The first kappa shape index (κ1) is 14.4. The van der Waals surface area contributed by atoms with Crippen molar-refractivity contribution in [2.24, 2.45) is 11.7 Å². The standard InChI is InChI=1S/C12H26N2O/c1-5-6-7-11(13)12(15)14-10(4)8-9(2)3/h9-11H,5-8,13H2,1-4H3,(H,14,15). The minimum Gasteiger partial charge on any atom is -0.352 e. The van der Waals surface area contributed by atoms with E-state index < -0.39 is 0 Å². The molecule has 3 heteroatoms. The minimum atomic E-state index is -0.334. The van der Waals surface area contributed by atoms with Crippen molar-refractivity contribution in [3.05, 3.63) is 0 Å². The molecule has 0 aliphatic rings. The van der Waals surface area contributed by atoms with Crippen molar-refractivity contribution in [1.29, 1.82) is 0 Å². The zero-order valence-corrected chi connectivity index (χ0v) is 10.5. The summed E-state index contributed by atoms with van der Waals surface area (Å²) in [6.07, 6.45) is 3.90. The zero-order valence-electron chi connectivity index (χ0n) is 10.5. The highest BCUT2D eigenvalue weighted by atomic mass is 16.2. The highest BCUT2D eigenvalue weighted by Gasteiger charge is 2.15. The third-order valence-corrected chi connectivity index (χ3v) is 2.42. The summed E-state index contributed by atoms with van der Waals surface area (Å²) in [5.74, 6) is 0.601. The monoisotopic (exact) mass is 214 g/mol. The Labute approximate surface area is 93.8 Å². The molecule has 0 aliphatic carbocycles. The molecular formula is C12H26N2O. The lowest BCUT2D eigenvalue weighted by molar-refractivity contribution is -0.123. The van der Waals surface area contributed by atoms with Gasteiger partial charge in [-0.3, -0.25) is 4.79 Å². The van der Waals surface area contributed by atoms with Crippen LogP contribution in [-0.4, -0.2) is 18.0 Å². The van der Waals surface area contributed by atoms with Gasteiger partial charge in [0, 0.05) is 6.04 Å². The Kier molecular flexibility index (Phi) is 7.39. The molecule has 0 heterocycles. The first-order valence-electron chi connectivity index (χ1n) is 6.03. The fourth-order valence-corrected chi connectivity index (χ4v) is 1.67. The topological polar surface area (TPSA) is 55.1 Å². The summed E-state index contributed by atoms with van der Waals surface area (Å²) in [7, 11) is 0. The maximum absolute atomic E-state index is 11.6. The second-order valence-electron chi connectivity index (χ2n) is 4.79. The molecule has 0 saturated carbocycles. The van der Waals surface area contributed by atoms with Gasteiger partial charge >= 0.3 is 0 Å². The average molecular weight is 214 g/mol. The lowest BCUT2D eigenvalue weighted by atomic mass is 10.0. The summed E-state index contributed by atoms with van der Waals surface area (Å²) in [4.78, 5) is 11.6. The molecule has 2 atom stereocenters. The molecule has 0 aliphatic heterocycles. The normalized spacial score (nSPS) is 15.1. The van der Waals surface area contributed by atoms with E-state index in [1.807, 2.05) is 6.92 Å². The molecular weight excluding hydrogens is 188 g/mol. The SMILES string of the molecule is CCCCC(N)C(=O)NC(C)CC(C)C. The molecule has 3 N–H and O–H groups in total. The summed E-state index contributed by atoms with van der Waals surface area (Å²) in [6, 6.07) is -0.107. The maximum atomic E-state index is 11.6. The highest BCUT2D eigenvalue weighted by Crippen LogP contribution is 2.05. The van der Waals surface area contributed by atoms with Crippen LogP contribution in [0.2, 0.25) is 0 Å². The van der Waals surface area contributed by atoms with Gasteiger partial charge in [0.25, 0.3) is 0 Å². The molecule has 0 radical (unpaired) electrons. The number of unbranched alkanes of at least 4 members (excludes halogenated alkanes) is 1. The van der Waals surface area contributed by atoms with Gasteiger partial charge in [0.15, 0.2) is 0 Å². The number of rotatable bonds is 7. The van der Waals surface area contributed by atoms with E-state index in [0.29, 0.717) is 5.92 Å². The lowest BCUT2D eigenvalue weighted by Gasteiger charge is -2.18. The zero-order chi connectivity index (χ0) is 11.8. The molecule has 90 valence electrons. The quantitative estimate of drug-likeness (QED) is 0.681. The molecule has 2 unspecified atom stereocenters. The number of hydrogen-bond acceptors (Lipinski definition) is 2. The van der Waals surface area contributed by atoms with Crippen LogP contribution >= 0.6 is 0 Å². The number of hydrogen-bond donors (Lipinski definition) is 2. The smallest absolute Gasteiger partial charge is 0.237 e. The molecule has 0 fully saturated rings. The Balaban J connectivity index is 3.80. The summed E-state index contributed by atoms with van der Waals surface area (Å²) < 4.78 is 0. The number of nitrogens with two attached hydrogens (primary N) is 1. The Morgan fingerprint density at radius 3 is 2.40 bits per heavy atom. The van der Waals surface area contributed by atoms with Crippen molar-refractivity contribution in [1.82, 2.24) is 5.32 Å². The van der Waals surface area contributed by atoms with E-state index >= 15 is 0 Å². The molecule has 0 aromatic rings. The van der Waals surface area contributed by atoms with Gasteiger partial charge in [-0.25, -0.2) is 0 Å². The van der Waals surface area contributed by atoms with Crippen molar-refractivity contribution < 1.29 is 4.79 Å². The number of nitrogens with one attached hydrogen (secondary N) is 1. The summed E-state index contributed by atoms with van der Waals surface area (Å²) in [5, 5.41) is 2.96. The molecule has 1 amide bonds. The highest BCUT2D eigenvalue weighted by molar-refractivity contribution is 5.81. The van der Waals surface area contributed by atoms with E-state index in [9.17, 15) is 4.79 Å². The van der Waals surface area contributed by atoms with E-state index in [1.165, 1.54) is 0 Å². The van der Waals surface area contributed by atoms with Crippen molar-refractivity contribution >= 4 is 5.91 Å². The van der Waals surface area contributed by atoms with Gasteiger partial charge in [-0.05, 0) is 25.7 Å². The summed E-state index contributed by atoms with van der Waals surface area (Å²) >= 11 is 0. The van der Waals surface area contributed by atoms with Crippen LogP contribution in [0.4, 0.5) is 0 Å². The van der Waals surface area contributed by atoms with E-state index in [0.717, 1.165) is 25.7 Å². The minimum absolute atomic E-state index is 0.00315. The van der Waals surface area contributed by atoms with Gasteiger partial charge in [-0.2, -0.15) is 0 Å². The summed E-state index contributed by atoms with van der Waals surface area (Å²) in [6.45, 7) is 8.44. The van der Waals surface area contributed by atoms with E-state index in [-0.39, 0.29) is 18.0 Å². The number of carbonyl (C=O) groups is 1. The van der Waals surface area contributed by atoms with Crippen LogP contribution < -0.4 is 11.1 Å². The van der Waals surface area contributed by atoms with Crippen LogP contribution in [-0.2, 0) is 4.79 Å². The third kappa shape index (κ3) is 7.37. The van der Waals surface area contributed by atoms with Crippen molar-refractivity contribution in [3.63, 3.8) is 0 Å². The van der Waals surface area contributed by atoms with Gasteiger partial charge in [-0.15, -0.1) is 0 Å². The van der Waals surface area contributed by atoms with Gasteiger partial charge in [0.2, 0.25) is 5.91 Å². The predicted octanol–water partition coefficient (Wildman–Crippen LogP) is 2.05. The number of carbonyl (C=O) groups excluding carboxylic acids is 1. The molecule has 0 bridgehead atoms. The Hall–Kier alpha value is -0.570. The van der Waals surface area contributed by atoms with Crippen LogP contribution in [0.25, 0.3) is 0 Å². The predicted molar refractivity (Wildman–Crippen MR) is 64.6 cm³/mol. The second kappa shape index (κ2) is 7.69. The van der Waals surface area contributed by atoms with Gasteiger partial charge in [0.1, 0.15) is 0 Å². The van der Waals surface area contributed by atoms with Gasteiger partial charge < -0.3 is 11.1 Å². The van der Waals surface area contributed by atoms with Gasteiger partial charge in [-0.1, -0.05) is 33.6 Å². The average Bonchev–Trinajstić information content (AvgIpc) is 2.12. The van der Waals surface area contributed by atoms with Crippen molar-refractivity contribution in [3.8, 4) is 0 Å². The van der Waals surface area contributed by atoms with E-state index in [4.69, 9.17) is 5.73 Å². The summed E-state index contributed by atoms with van der Waals surface area (Å²) in [5.41, 5.74) is 5.77. The lowest BCUT2D eigenvalue weighted by Crippen LogP contribution is -2.44. The molecule has 0 aromatic heterocycles. The van der Waals surface area contributed by atoms with Crippen LogP contribution in [0.5, 0.6) is 0 Å². The third-order valence-electron chi connectivity index (χ3n) is 2.42. The fourth-order valence-electron chi connectivity index (χ4n) is 1.67. The Bertz CT molecular complexity index is 180. The molecule has 0 saturated heterocycles. The second-order valence-corrected chi connectivity index (χ2v) is 4.79. The van der Waals surface area contributed by atoms with E-state index in [2.05, 4.69) is 26.1 Å². The molecule has 0 rings (SSSR count). The van der Waals surface area contributed by atoms with Crippen molar-refractivity contribution in [2.45, 2.75) is 65.5 Å². The molecule has 15 heavy (non-hydrogen) atoms. The maximum Gasteiger partial charge on any atom is 0.237 e. The molecule has 3 nitrogen and oxygen atoms in total. The fraction of sp³-hybridized carbons (Fsp3) is 0.917. The van der Waals surface area contributed by atoms with Crippen LogP contribution in [0.3, 0.4) is 0 Å². The largest absolute Gasteiger partial charge is 0.352 e. The van der Waals surface area contributed by atoms with Crippen LogP contribution in [0.15, 0.2) is 0 Å². The molecule has 0 aromatic carbocycles.